The van der Waals surface area contributed by atoms with Crippen LogP contribution in [0.25, 0.3) is 0 Å². The Balaban J connectivity index is 1.03. The molecule has 0 bridgehead atoms. The van der Waals surface area contributed by atoms with Gasteiger partial charge in [-0.15, -0.1) is 0 Å². The van der Waals surface area contributed by atoms with E-state index in [2.05, 4.69) is 15.3 Å². The number of amides is 1. The first kappa shape index (κ1) is 63.8. The second-order valence-corrected chi connectivity index (χ2v) is 24.0. The minimum atomic E-state index is -5.16. The number of carbonyl (C=O) groups is 1. The van der Waals surface area contributed by atoms with Crippen LogP contribution in [0, 0.1) is 18.3 Å². The highest BCUT2D eigenvalue weighted by Crippen LogP contribution is 2.57. The van der Waals surface area contributed by atoms with Gasteiger partial charge in [-0.05, 0) is 90.3 Å². The first-order valence-electron chi connectivity index (χ1n) is 27.7. The van der Waals surface area contributed by atoms with E-state index in [9.17, 15) is 29.0 Å². The molecule has 2 unspecified atom stereocenters. The van der Waals surface area contributed by atoms with E-state index < -0.39 is 94.2 Å². The second-order valence-electron chi connectivity index (χ2n) is 20.1. The fourth-order valence-electron chi connectivity index (χ4n) is 9.96. The summed E-state index contributed by atoms with van der Waals surface area (Å²) in [5.41, 5.74) is -1.38. The van der Waals surface area contributed by atoms with Gasteiger partial charge in [0.1, 0.15) is 71.3 Å². The van der Waals surface area contributed by atoms with Gasteiger partial charge in [0.05, 0.1) is 56.6 Å². The van der Waals surface area contributed by atoms with Crippen molar-refractivity contribution in [2.45, 2.75) is 68.7 Å². The van der Waals surface area contributed by atoms with Crippen molar-refractivity contribution in [3.8, 4) is 29.1 Å². The number of halogens is 2. The topological polar surface area (TPSA) is 278 Å². The molecular weight excluding hydrogens is 1230 g/mol. The van der Waals surface area contributed by atoms with Crippen molar-refractivity contribution in [3.05, 3.63) is 245 Å². The maximum Gasteiger partial charge on any atom is 0.530 e. The molecule has 2 saturated heterocycles. The quantitative estimate of drug-likeness (QED) is 0.0289. The van der Waals surface area contributed by atoms with Crippen LogP contribution in [0.4, 0.5) is 5.82 Å². The lowest BCUT2D eigenvalue weighted by Crippen LogP contribution is -2.38. The van der Waals surface area contributed by atoms with E-state index in [1.807, 2.05) is 60.7 Å². The fraction of sp³-hybridized carbons (Fsp3) is 0.258. The van der Waals surface area contributed by atoms with Crippen LogP contribution in [0.1, 0.15) is 64.3 Å². The van der Waals surface area contributed by atoms with Gasteiger partial charge >= 0.3 is 27.0 Å². The Hall–Kier alpha value is -8.20. The number of nitrogens with zero attached hydrogens (tertiary/aromatic N) is 4. The Kier molecular flexibility index (Phi) is 20.5. The van der Waals surface area contributed by atoms with Crippen LogP contribution in [0.2, 0.25) is 10.0 Å². The SMILES string of the molecule is COc1ccc(C(OC[C@H]2O[C@@H](n3ccc(NC(=O)c4ccccc4)nc3=O)C[C@@H]2OP(=O)(OC[C@H]2O[C@@H](n3cc(C)c(=O)[nH]c3=O)C[C@@H]2OP(=O)(OCCC#N)Oc2ccccc2Cl)Oc2ccccc2Cl)(c2ccccc2)c2ccc(OC)cc2)cc1. The number of methoxy groups -OCH3 is 2. The summed E-state index contributed by atoms with van der Waals surface area (Å²) in [6, 6.07) is 47.7. The number of aryl methyl sites for hydroxylation is 1. The maximum absolute atomic E-state index is 16.0. The summed E-state index contributed by atoms with van der Waals surface area (Å²) in [6.07, 6.45) is -6.15. The number of aromatic nitrogens is 4. The zero-order chi connectivity index (χ0) is 62.7. The third kappa shape index (κ3) is 15.1. The van der Waals surface area contributed by atoms with Gasteiger partial charge in [0.15, 0.2) is 0 Å². The van der Waals surface area contributed by atoms with Gasteiger partial charge in [0.2, 0.25) is 0 Å². The Morgan fingerprint density at radius 2 is 1.19 bits per heavy atom. The molecule has 462 valence electrons. The lowest BCUT2D eigenvalue weighted by atomic mass is 9.80. The monoisotopic (exact) mass is 1290 g/mol. The number of carbonyl (C=O) groups excluding carboxylic acids is 1. The number of hydrogen-bond donors (Lipinski definition) is 2. The van der Waals surface area contributed by atoms with Gasteiger partial charge in [0, 0.05) is 36.4 Å². The number of H-pyrrole nitrogens is 1. The van der Waals surface area contributed by atoms with E-state index in [4.69, 9.17) is 74.0 Å². The summed E-state index contributed by atoms with van der Waals surface area (Å²) in [7, 11) is -6.87. The average Bonchev–Trinajstić information content (AvgIpc) is 2.51. The van der Waals surface area contributed by atoms with Crippen LogP contribution in [-0.2, 0) is 47.0 Å². The highest BCUT2D eigenvalue weighted by molar-refractivity contribution is 7.49. The van der Waals surface area contributed by atoms with E-state index >= 15 is 4.57 Å². The van der Waals surface area contributed by atoms with Crippen LogP contribution in [0.5, 0.6) is 23.0 Å². The molecule has 2 fully saturated rings. The van der Waals surface area contributed by atoms with Gasteiger partial charge < -0.3 is 38.0 Å². The van der Waals surface area contributed by atoms with Gasteiger partial charge in [-0.2, -0.15) is 10.2 Å². The largest absolute Gasteiger partial charge is 0.530 e. The number of ether oxygens (including phenoxy) is 5. The predicted octanol–water partition coefficient (Wildman–Crippen LogP) is 11.4. The molecule has 2 N–H and O–H groups in total. The highest BCUT2D eigenvalue weighted by atomic mass is 35.5. The molecule has 2 aliphatic rings. The minimum absolute atomic E-state index is 0.0116. The summed E-state index contributed by atoms with van der Waals surface area (Å²) in [5, 5.41) is 12.1. The van der Waals surface area contributed by atoms with Crippen molar-refractivity contribution < 1.29 is 64.8 Å². The number of nitrogens with one attached hydrogen (secondary N) is 2. The molecule has 89 heavy (non-hydrogen) atoms. The summed E-state index contributed by atoms with van der Waals surface area (Å²) >= 11 is 13.1. The number of nitriles is 1. The standard InChI is InChI=1S/C62H58Cl2N6O17P2/c1-40-37-70(61(74)68-58(40)71)57-36-52(86-88(75,80-34-14-32-65)84-49-21-12-10-19-47(49)63)54(83-57)39-81-89(76,85-50-22-13-11-20-48(50)64)87-51-35-56(69-33-31-55(67-60(69)73)66-59(72)41-15-6-4-7-16-41)82-53(51)38-79-62(42-17-8-5-9-18-42,43-23-27-45(77-2)28-24-43)44-25-29-46(78-3)30-26-44/h4-13,15-31,33,37,51-54,56-57H,14,34-36,38-39H2,1-3H3,(H,68,71,74)(H,66,67,72,73)/t51-,52-,53+,54+,56+,57+,88?,89?/m0/s1. The molecule has 10 rings (SSSR count). The lowest BCUT2D eigenvalue weighted by molar-refractivity contribution is -0.0949. The number of benzene rings is 6. The molecule has 8 aromatic rings. The smallest absolute Gasteiger partial charge is 0.497 e. The molecular formula is C62H58Cl2N6O17P2. The van der Waals surface area contributed by atoms with Gasteiger partial charge in [-0.25, -0.2) is 18.7 Å². The van der Waals surface area contributed by atoms with Crippen molar-refractivity contribution >= 4 is 50.6 Å². The van der Waals surface area contributed by atoms with Crippen LogP contribution in [-0.4, -0.2) is 83.5 Å². The molecule has 27 heteroatoms. The second kappa shape index (κ2) is 28.5. The number of phosphoric acid groups is 2. The molecule has 4 heterocycles. The van der Waals surface area contributed by atoms with E-state index in [-0.39, 0.29) is 58.8 Å². The van der Waals surface area contributed by atoms with Crippen molar-refractivity contribution in [1.29, 1.82) is 5.26 Å². The van der Waals surface area contributed by atoms with Gasteiger partial charge in [-0.3, -0.25) is 41.8 Å². The summed E-state index contributed by atoms with van der Waals surface area (Å²) < 4.78 is 101. The molecule has 1 amide bonds. The van der Waals surface area contributed by atoms with E-state index in [1.165, 1.54) is 54.2 Å². The normalized spacial score (nSPS) is 19.5. The zero-order valence-electron chi connectivity index (χ0n) is 47.8. The first-order valence-corrected chi connectivity index (χ1v) is 31.3. The van der Waals surface area contributed by atoms with E-state index in [0.29, 0.717) is 33.8 Å². The molecule has 0 spiro atoms. The Morgan fingerprint density at radius 1 is 0.685 bits per heavy atom. The predicted molar refractivity (Wildman–Crippen MR) is 326 cm³/mol. The maximum atomic E-state index is 16.0. The molecule has 6 aromatic carbocycles. The summed E-state index contributed by atoms with van der Waals surface area (Å²) in [5.74, 6) is 0.310. The Morgan fingerprint density at radius 3 is 1.73 bits per heavy atom. The van der Waals surface area contributed by atoms with Gasteiger partial charge in [0.25, 0.3) is 11.5 Å². The Labute approximate surface area is 519 Å². The van der Waals surface area contributed by atoms with E-state index in [0.717, 1.165) is 4.57 Å². The molecule has 0 aliphatic carbocycles. The van der Waals surface area contributed by atoms with Crippen LogP contribution < -0.4 is 40.8 Å². The number of rotatable bonds is 26. The number of hydrogen-bond acceptors (Lipinski definition) is 19. The molecule has 2 aromatic heterocycles. The Bertz CT molecular complexity index is 4050. The third-order valence-corrected chi connectivity index (χ3v) is 17.8. The van der Waals surface area contributed by atoms with Crippen LogP contribution >= 0.6 is 38.8 Å². The lowest BCUT2D eigenvalue weighted by Gasteiger charge is -2.37. The van der Waals surface area contributed by atoms with Crippen molar-refractivity contribution in [2.24, 2.45) is 0 Å². The van der Waals surface area contributed by atoms with Gasteiger partial charge in [-0.1, -0.05) is 120 Å². The van der Waals surface area contributed by atoms with Crippen LogP contribution in [0.15, 0.2) is 191 Å². The molecule has 23 nitrogen and oxygen atoms in total. The van der Waals surface area contributed by atoms with E-state index in [1.54, 1.807) is 93.1 Å². The summed E-state index contributed by atoms with van der Waals surface area (Å²) in [6.45, 7) is -0.107. The minimum Gasteiger partial charge on any atom is -0.497 e. The van der Waals surface area contributed by atoms with Crippen molar-refractivity contribution in [1.82, 2.24) is 19.1 Å². The number of para-hydroxylation sites is 2. The van der Waals surface area contributed by atoms with Crippen molar-refractivity contribution in [3.63, 3.8) is 0 Å². The zero-order valence-corrected chi connectivity index (χ0v) is 51.1. The van der Waals surface area contributed by atoms with Crippen LogP contribution in [0.3, 0.4) is 0 Å². The number of aromatic amines is 1. The highest BCUT2D eigenvalue weighted by Gasteiger charge is 2.50. The van der Waals surface area contributed by atoms with Crippen molar-refractivity contribution in [2.75, 3.05) is 39.4 Å². The molecule has 2 aliphatic heterocycles. The molecule has 0 radical (unpaired) electrons. The first-order chi connectivity index (χ1) is 43.0. The third-order valence-electron chi connectivity index (χ3n) is 14.4. The molecule has 0 saturated carbocycles. The average molecular weight is 1290 g/mol. The fourth-order valence-corrected chi connectivity index (χ4v) is 13.3. The number of anilines is 1. The molecule has 8 atom stereocenters. The summed E-state index contributed by atoms with van der Waals surface area (Å²) in [4.78, 5) is 59.7. The number of phosphoric ester groups is 2.